The predicted octanol–water partition coefficient (Wildman–Crippen LogP) is 2.10. The average molecular weight is 221 g/mol. The summed E-state index contributed by atoms with van der Waals surface area (Å²) in [6.45, 7) is 4.93. The lowest BCUT2D eigenvalue weighted by atomic mass is 10.1. The second-order valence-corrected chi connectivity index (χ2v) is 4.16. The number of carbonyl (C=O) groups is 1. The topological polar surface area (TPSA) is 49.3 Å². The first kappa shape index (κ1) is 12.6. The van der Waals surface area contributed by atoms with Crippen molar-refractivity contribution in [2.45, 2.75) is 26.7 Å². The van der Waals surface area contributed by atoms with Gasteiger partial charge in [-0.15, -0.1) is 0 Å². The lowest BCUT2D eigenvalue weighted by Crippen LogP contribution is -2.29. The van der Waals surface area contributed by atoms with Gasteiger partial charge in [0, 0.05) is 6.54 Å². The van der Waals surface area contributed by atoms with Crippen molar-refractivity contribution in [1.29, 1.82) is 0 Å². The zero-order chi connectivity index (χ0) is 12.0. The predicted molar refractivity (Wildman–Crippen MR) is 64.3 cm³/mol. The number of rotatable bonds is 5. The summed E-state index contributed by atoms with van der Waals surface area (Å²) >= 11 is 0. The van der Waals surface area contributed by atoms with E-state index in [0.29, 0.717) is 18.9 Å². The molecule has 3 heteroatoms. The van der Waals surface area contributed by atoms with Gasteiger partial charge >= 0.3 is 0 Å². The highest BCUT2D eigenvalue weighted by Gasteiger charge is 2.05. The van der Waals surface area contributed by atoms with Crippen molar-refractivity contribution in [3.63, 3.8) is 0 Å². The molecule has 1 unspecified atom stereocenters. The Hall–Kier alpha value is -1.51. The van der Waals surface area contributed by atoms with Crippen LogP contribution in [0.4, 0.5) is 0 Å². The molecule has 1 aromatic rings. The van der Waals surface area contributed by atoms with Crippen molar-refractivity contribution in [3.8, 4) is 5.75 Å². The van der Waals surface area contributed by atoms with Gasteiger partial charge in [-0.2, -0.15) is 0 Å². The fraction of sp³-hybridized carbons (Fsp3) is 0.462. The molecule has 0 saturated carbocycles. The number of phenolic OH excluding ortho intramolecular Hbond substituents is 1. The van der Waals surface area contributed by atoms with Crippen LogP contribution in [0, 0.1) is 5.92 Å². The number of hydrogen-bond donors (Lipinski definition) is 2. The van der Waals surface area contributed by atoms with E-state index in [1.807, 2.05) is 6.07 Å². The van der Waals surface area contributed by atoms with E-state index >= 15 is 0 Å². The van der Waals surface area contributed by atoms with Crippen molar-refractivity contribution in [2.24, 2.45) is 5.92 Å². The van der Waals surface area contributed by atoms with E-state index in [-0.39, 0.29) is 11.7 Å². The molecular weight excluding hydrogens is 202 g/mol. The Morgan fingerprint density at radius 3 is 2.88 bits per heavy atom. The smallest absolute Gasteiger partial charge is 0.224 e. The van der Waals surface area contributed by atoms with Gasteiger partial charge in [-0.3, -0.25) is 4.79 Å². The first-order valence-corrected chi connectivity index (χ1v) is 5.66. The first-order chi connectivity index (χ1) is 7.61. The van der Waals surface area contributed by atoms with E-state index in [1.54, 1.807) is 18.2 Å². The van der Waals surface area contributed by atoms with Gasteiger partial charge in [0.1, 0.15) is 5.75 Å². The molecule has 1 atom stereocenters. The fourth-order valence-electron chi connectivity index (χ4n) is 1.35. The largest absolute Gasteiger partial charge is 0.508 e. The van der Waals surface area contributed by atoms with Crippen molar-refractivity contribution >= 4 is 5.91 Å². The molecule has 0 bridgehead atoms. The van der Waals surface area contributed by atoms with Gasteiger partial charge in [-0.05, 0) is 23.6 Å². The molecule has 0 aliphatic carbocycles. The Bertz CT molecular complexity index is 350. The molecular formula is C13H19NO2. The zero-order valence-corrected chi connectivity index (χ0v) is 9.86. The van der Waals surface area contributed by atoms with E-state index in [4.69, 9.17) is 0 Å². The third-order valence-corrected chi connectivity index (χ3v) is 2.62. The van der Waals surface area contributed by atoms with Gasteiger partial charge in [-0.25, -0.2) is 0 Å². The molecule has 0 saturated heterocycles. The van der Waals surface area contributed by atoms with E-state index in [9.17, 15) is 9.90 Å². The Balaban J connectivity index is 2.40. The van der Waals surface area contributed by atoms with Crippen LogP contribution in [0.25, 0.3) is 0 Å². The zero-order valence-electron chi connectivity index (χ0n) is 9.86. The van der Waals surface area contributed by atoms with Crippen LogP contribution in [-0.2, 0) is 11.2 Å². The summed E-state index contributed by atoms with van der Waals surface area (Å²) in [7, 11) is 0. The molecule has 0 aliphatic heterocycles. The molecule has 0 aliphatic rings. The van der Waals surface area contributed by atoms with Crippen molar-refractivity contribution < 1.29 is 9.90 Å². The molecule has 1 aromatic carbocycles. The summed E-state index contributed by atoms with van der Waals surface area (Å²) in [6.07, 6.45) is 1.39. The van der Waals surface area contributed by atoms with Crippen LogP contribution in [0.2, 0.25) is 0 Å². The number of nitrogens with one attached hydrogen (secondary N) is 1. The Morgan fingerprint density at radius 1 is 1.50 bits per heavy atom. The summed E-state index contributed by atoms with van der Waals surface area (Å²) in [5.41, 5.74) is 0.835. The van der Waals surface area contributed by atoms with Crippen LogP contribution in [0.5, 0.6) is 5.75 Å². The van der Waals surface area contributed by atoms with Crippen LogP contribution in [-0.4, -0.2) is 17.6 Å². The Labute approximate surface area is 96.5 Å². The summed E-state index contributed by atoms with van der Waals surface area (Å²) in [5.74, 6) is 0.714. The fourth-order valence-corrected chi connectivity index (χ4v) is 1.35. The summed E-state index contributed by atoms with van der Waals surface area (Å²) in [4.78, 5) is 11.6. The van der Waals surface area contributed by atoms with Gasteiger partial charge < -0.3 is 10.4 Å². The molecule has 0 aromatic heterocycles. The number of hydrogen-bond acceptors (Lipinski definition) is 2. The summed E-state index contributed by atoms with van der Waals surface area (Å²) in [5, 5.41) is 12.1. The van der Waals surface area contributed by atoms with Gasteiger partial charge in [0.05, 0.1) is 6.42 Å². The maximum Gasteiger partial charge on any atom is 0.224 e. The quantitative estimate of drug-likeness (QED) is 0.800. The molecule has 88 valence electrons. The molecule has 3 nitrogen and oxygen atoms in total. The molecule has 0 radical (unpaired) electrons. The maximum absolute atomic E-state index is 11.6. The molecule has 2 N–H and O–H groups in total. The summed E-state index contributed by atoms with van der Waals surface area (Å²) < 4.78 is 0. The monoisotopic (exact) mass is 221 g/mol. The standard InChI is InChI=1S/C13H19NO2/c1-3-10(2)9-14-13(16)8-11-5-4-6-12(15)7-11/h4-7,10,15H,3,8-9H2,1-2H3,(H,14,16). The Kier molecular flexibility index (Phi) is 4.83. The second-order valence-electron chi connectivity index (χ2n) is 4.16. The molecule has 1 rings (SSSR count). The van der Waals surface area contributed by atoms with Gasteiger partial charge in [0.25, 0.3) is 0 Å². The maximum atomic E-state index is 11.6. The van der Waals surface area contributed by atoms with Crippen molar-refractivity contribution in [1.82, 2.24) is 5.32 Å². The summed E-state index contributed by atoms with van der Waals surface area (Å²) in [6, 6.07) is 6.79. The van der Waals surface area contributed by atoms with Crippen LogP contribution < -0.4 is 5.32 Å². The second kappa shape index (κ2) is 6.16. The highest BCUT2D eigenvalue weighted by molar-refractivity contribution is 5.78. The minimum Gasteiger partial charge on any atom is -0.508 e. The van der Waals surface area contributed by atoms with E-state index < -0.39 is 0 Å². The van der Waals surface area contributed by atoms with Crippen LogP contribution in [0.15, 0.2) is 24.3 Å². The SMILES string of the molecule is CCC(C)CNC(=O)Cc1cccc(O)c1. The first-order valence-electron chi connectivity index (χ1n) is 5.66. The number of carbonyl (C=O) groups excluding carboxylic acids is 1. The molecule has 0 heterocycles. The Morgan fingerprint density at radius 2 is 2.25 bits per heavy atom. The third kappa shape index (κ3) is 4.34. The number of aromatic hydroxyl groups is 1. The minimum absolute atomic E-state index is 0.00546. The minimum atomic E-state index is 0.00546. The molecule has 0 fully saturated rings. The number of benzene rings is 1. The highest BCUT2D eigenvalue weighted by Crippen LogP contribution is 2.11. The van der Waals surface area contributed by atoms with E-state index in [1.165, 1.54) is 0 Å². The number of amides is 1. The normalized spacial score (nSPS) is 12.1. The average Bonchev–Trinajstić information content (AvgIpc) is 2.26. The number of phenols is 1. The van der Waals surface area contributed by atoms with Crippen molar-refractivity contribution in [3.05, 3.63) is 29.8 Å². The lowest BCUT2D eigenvalue weighted by Gasteiger charge is -2.10. The third-order valence-electron chi connectivity index (χ3n) is 2.62. The molecule has 0 spiro atoms. The molecule has 16 heavy (non-hydrogen) atoms. The van der Waals surface area contributed by atoms with E-state index in [2.05, 4.69) is 19.2 Å². The van der Waals surface area contributed by atoms with Gasteiger partial charge in [0.2, 0.25) is 5.91 Å². The highest BCUT2D eigenvalue weighted by atomic mass is 16.3. The molecule has 1 amide bonds. The lowest BCUT2D eigenvalue weighted by molar-refractivity contribution is -0.120. The van der Waals surface area contributed by atoms with E-state index in [0.717, 1.165) is 12.0 Å². The van der Waals surface area contributed by atoms with Crippen LogP contribution in [0.1, 0.15) is 25.8 Å². The van der Waals surface area contributed by atoms with Gasteiger partial charge in [-0.1, -0.05) is 32.4 Å². The van der Waals surface area contributed by atoms with Crippen LogP contribution in [0.3, 0.4) is 0 Å². The van der Waals surface area contributed by atoms with Crippen LogP contribution >= 0.6 is 0 Å². The van der Waals surface area contributed by atoms with Gasteiger partial charge in [0.15, 0.2) is 0 Å². The van der Waals surface area contributed by atoms with Crippen molar-refractivity contribution in [2.75, 3.05) is 6.54 Å².